The maximum atomic E-state index is 12.4. The van der Waals surface area contributed by atoms with Gasteiger partial charge in [-0.1, -0.05) is 107 Å². The summed E-state index contributed by atoms with van der Waals surface area (Å²) in [5.41, 5.74) is 5.82. The summed E-state index contributed by atoms with van der Waals surface area (Å²) in [6.45, 7) is 4.31. The van der Waals surface area contributed by atoms with Crippen LogP contribution < -0.4 is 5.32 Å². The monoisotopic (exact) mass is 970 g/mol. The number of hydrogen-bond acceptors (Lipinski definition) is 6. The maximum Gasteiger partial charge on any atom is 0.410 e. The number of H-pyrrole nitrogens is 1. The Morgan fingerprint density at radius 1 is 0.782 bits per heavy atom. The van der Waals surface area contributed by atoms with Crippen molar-refractivity contribution in [2.24, 2.45) is 7.05 Å². The number of imidazole rings is 2. The second kappa shape index (κ2) is 22.6. The molecule has 0 saturated heterocycles. The van der Waals surface area contributed by atoms with Crippen LogP contribution in [0.25, 0.3) is 22.5 Å². The van der Waals surface area contributed by atoms with Gasteiger partial charge < -0.3 is 29.2 Å². The van der Waals surface area contributed by atoms with Crippen LogP contribution >= 0.6 is 45.2 Å². The molecule has 2 aromatic heterocycles. The van der Waals surface area contributed by atoms with E-state index in [2.05, 4.69) is 84.7 Å². The molecule has 2 atom stereocenters. The Kier molecular flexibility index (Phi) is 19.1. The van der Waals surface area contributed by atoms with E-state index in [0.717, 1.165) is 39.5 Å². The average molecular weight is 971 g/mol. The molecule has 2 heterocycles. The third-order valence-corrected chi connectivity index (χ3v) is 9.65. The van der Waals surface area contributed by atoms with E-state index in [0.29, 0.717) is 5.82 Å². The van der Waals surface area contributed by atoms with Gasteiger partial charge >= 0.3 is 12.2 Å². The number of rotatable bonds is 10. The van der Waals surface area contributed by atoms with E-state index in [-0.39, 0.29) is 53.7 Å². The molecule has 6 aromatic rings. The van der Waals surface area contributed by atoms with E-state index < -0.39 is 6.09 Å². The number of carbonyl (C=O) groups is 2. The first kappa shape index (κ1) is 46.5. The lowest BCUT2D eigenvalue weighted by Gasteiger charge is -2.23. The van der Waals surface area contributed by atoms with Gasteiger partial charge in [0.05, 0.1) is 29.7 Å². The van der Waals surface area contributed by atoms with E-state index in [1.54, 1.807) is 18.1 Å². The van der Waals surface area contributed by atoms with E-state index in [1.165, 1.54) is 7.14 Å². The van der Waals surface area contributed by atoms with Crippen LogP contribution in [0.5, 0.6) is 0 Å². The number of aromatic amines is 1. The summed E-state index contributed by atoms with van der Waals surface area (Å²) in [6, 6.07) is 35.1. The number of hydrogen-bond donors (Lipinski definition) is 2. The summed E-state index contributed by atoms with van der Waals surface area (Å²) in [7, 11) is 3.68. The maximum absolute atomic E-state index is 12.4. The molecule has 0 unspecified atom stereocenters. The first-order valence-electron chi connectivity index (χ1n) is 16.6. The predicted octanol–water partition coefficient (Wildman–Crippen LogP) is 11.6. The van der Waals surface area contributed by atoms with Gasteiger partial charge in [-0.15, -0.1) is 0 Å². The third-order valence-electron chi connectivity index (χ3n) is 8.21. The van der Waals surface area contributed by atoms with Gasteiger partial charge in [-0.25, -0.2) is 19.6 Å². The van der Waals surface area contributed by atoms with E-state index in [9.17, 15) is 9.59 Å². The summed E-state index contributed by atoms with van der Waals surface area (Å²) in [5, 5.41) is 2.78. The minimum Gasteiger partial charge on any atom is -0.445 e. The number of aryl methyl sites for hydroxylation is 1. The van der Waals surface area contributed by atoms with Crippen LogP contribution in [0.1, 0.15) is 71.0 Å². The highest BCUT2D eigenvalue weighted by Gasteiger charge is 2.23. The van der Waals surface area contributed by atoms with E-state index >= 15 is 0 Å². The number of aromatic nitrogens is 4. The summed E-state index contributed by atoms with van der Waals surface area (Å²) in [5.74, 6) is 1.49. The number of ether oxygens (including phenoxy) is 2. The largest absolute Gasteiger partial charge is 0.445 e. The second-order valence-corrected chi connectivity index (χ2v) is 14.5. The van der Waals surface area contributed by atoms with Gasteiger partial charge in [-0.3, -0.25) is 0 Å². The van der Waals surface area contributed by atoms with Gasteiger partial charge in [0.15, 0.2) is 0 Å². The minimum absolute atomic E-state index is 0. The fourth-order valence-corrected chi connectivity index (χ4v) is 5.84. The zero-order valence-electron chi connectivity index (χ0n) is 29.3. The van der Waals surface area contributed by atoms with Crippen LogP contribution in [-0.2, 0) is 29.7 Å². The molecule has 6 rings (SSSR count). The summed E-state index contributed by atoms with van der Waals surface area (Å²) < 4.78 is 15.0. The van der Waals surface area contributed by atoms with E-state index in [1.807, 2.05) is 117 Å². The molecule has 0 aliphatic rings. The Labute approximate surface area is 353 Å². The number of alkyl carbamates (subject to hydrolysis) is 1. The van der Waals surface area contributed by atoms with Gasteiger partial charge in [-0.2, -0.15) is 0 Å². The fourth-order valence-electron chi connectivity index (χ4n) is 5.12. The Morgan fingerprint density at radius 2 is 1.29 bits per heavy atom. The zero-order valence-corrected chi connectivity index (χ0v) is 33.6. The highest BCUT2D eigenvalue weighted by atomic mass is 127. The van der Waals surface area contributed by atoms with Gasteiger partial charge in [0.1, 0.15) is 24.9 Å². The number of nitrogens with one attached hydrogen (secondary N) is 2. The summed E-state index contributed by atoms with van der Waals surface area (Å²) in [4.78, 5) is 38.3. The molecule has 2 amide bonds. The highest BCUT2D eigenvalue weighted by Crippen LogP contribution is 2.25. The van der Waals surface area contributed by atoms with Crippen LogP contribution in [0.3, 0.4) is 0 Å². The molecule has 0 saturated carbocycles. The van der Waals surface area contributed by atoms with Crippen molar-refractivity contribution in [2.75, 3.05) is 7.05 Å². The topological polar surface area (TPSA) is 114 Å². The molecular weight excluding hydrogens is 918 g/mol. The molecule has 2 N–H and O–H groups in total. The van der Waals surface area contributed by atoms with Crippen molar-refractivity contribution >= 4 is 57.4 Å². The molecule has 0 spiro atoms. The smallest absolute Gasteiger partial charge is 0.410 e. The summed E-state index contributed by atoms with van der Waals surface area (Å²) in [6.07, 6.45) is 2.91. The average Bonchev–Trinajstić information content (AvgIpc) is 3.82. The molecule has 0 aliphatic carbocycles. The van der Waals surface area contributed by atoms with Crippen molar-refractivity contribution in [3.05, 3.63) is 152 Å². The Bertz CT molecular complexity index is 2040. The Morgan fingerprint density at radius 3 is 1.84 bits per heavy atom. The van der Waals surface area contributed by atoms with Crippen molar-refractivity contribution in [3.8, 4) is 22.5 Å². The number of halogens is 2. The Balaban J connectivity index is 0.000000361. The lowest BCUT2D eigenvalue weighted by Crippen LogP contribution is -2.31. The fraction of sp³-hybridized carbons (Fsp3) is 0.256. The van der Waals surface area contributed by atoms with Gasteiger partial charge in [0.25, 0.3) is 0 Å². The van der Waals surface area contributed by atoms with Crippen molar-refractivity contribution in [1.82, 2.24) is 29.7 Å². The normalized spacial score (nSPS) is 11.2. The SMILES string of the molecule is C.C.C.C[C@@H](NC(=O)OCc1ccccc1)c1ncc(-c2ccc(I)cc2)[nH]1.C[C@H](c1nc(-c2ccc(I)cc2)cn1C)N(C)C(=O)OCc1ccccc1. The minimum atomic E-state index is -0.469. The molecule has 55 heavy (non-hydrogen) atoms. The first-order valence-corrected chi connectivity index (χ1v) is 18.7. The lowest BCUT2D eigenvalue weighted by atomic mass is 10.2. The molecule has 292 valence electrons. The van der Waals surface area contributed by atoms with Crippen LogP contribution in [-0.4, -0.2) is 43.7 Å². The highest BCUT2D eigenvalue weighted by molar-refractivity contribution is 14.1. The van der Waals surface area contributed by atoms with Crippen LogP contribution in [0.15, 0.2) is 122 Å². The zero-order chi connectivity index (χ0) is 37.0. The predicted molar refractivity (Wildman–Crippen MR) is 239 cm³/mol. The molecule has 0 radical (unpaired) electrons. The second-order valence-electron chi connectivity index (χ2n) is 12.0. The quantitative estimate of drug-likeness (QED) is 0.132. The first-order chi connectivity index (χ1) is 25.1. The standard InChI is InChI=1S/C21H22IN3O2.C19H18IN3O2.3CH4/c1-15(25(3)21(26)27-14-16-7-5-4-6-8-16)20-23-19(13-24(20)2)17-9-11-18(22)12-10-17;1-13(22-19(24)25-12-14-5-3-2-4-6-14)18-21-11-17(23-18)15-7-9-16(20)10-8-15;;;/h4-13,15H,14H2,1-3H3;2-11,13H,12H2,1H3,(H,21,23)(H,22,24);3*1H4/t15-;13-;;;/m11.../s1. The number of amides is 2. The van der Waals surface area contributed by atoms with Crippen molar-refractivity contribution in [1.29, 1.82) is 0 Å². The lowest BCUT2D eigenvalue weighted by molar-refractivity contribution is 0.0918. The van der Waals surface area contributed by atoms with Gasteiger partial charge in [-0.05, 0) is 100.0 Å². The van der Waals surface area contributed by atoms with Crippen molar-refractivity contribution in [2.45, 2.75) is 61.4 Å². The Hall–Kier alpha value is -4.70. The number of benzene rings is 4. The van der Waals surface area contributed by atoms with Crippen LogP contribution in [0, 0.1) is 7.14 Å². The molecule has 0 fully saturated rings. The van der Waals surface area contributed by atoms with Crippen LogP contribution in [0.2, 0.25) is 0 Å². The van der Waals surface area contributed by atoms with Crippen LogP contribution in [0.4, 0.5) is 9.59 Å². The molecular formula is C43H52I2N6O4. The molecule has 12 heteroatoms. The van der Waals surface area contributed by atoms with E-state index in [4.69, 9.17) is 14.5 Å². The van der Waals surface area contributed by atoms with Crippen molar-refractivity contribution < 1.29 is 19.1 Å². The third kappa shape index (κ3) is 13.5. The van der Waals surface area contributed by atoms with Gasteiger partial charge in [0.2, 0.25) is 0 Å². The molecule has 0 bridgehead atoms. The molecule has 0 aliphatic heterocycles. The van der Waals surface area contributed by atoms with Crippen molar-refractivity contribution in [3.63, 3.8) is 0 Å². The number of carbonyl (C=O) groups excluding carboxylic acids is 2. The number of nitrogens with zero attached hydrogens (tertiary/aromatic N) is 4. The summed E-state index contributed by atoms with van der Waals surface area (Å²) >= 11 is 4.55. The van der Waals surface area contributed by atoms with Gasteiger partial charge in [0, 0.05) is 33.0 Å². The molecule has 4 aromatic carbocycles. The molecule has 10 nitrogen and oxygen atoms in total.